The summed E-state index contributed by atoms with van der Waals surface area (Å²) in [6, 6.07) is 30.0. The molecule has 1 saturated heterocycles. The number of nitriles is 1. The SMILES string of the molecule is CCC(Sc1nc(-c2ccc(Cl)cc2)ccc1C#N)C(=O)N(Cc1ccccc1)C1CC(=O)N(c2ccccc2)C1=O. The Labute approximate surface area is 253 Å². The number of nitrogens with zero attached hydrogens (tertiary/aromatic N) is 4. The molecular formula is C33H27ClN4O3S. The maximum Gasteiger partial charge on any atom is 0.257 e. The Morgan fingerprint density at radius 1 is 1.02 bits per heavy atom. The van der Waals surface area contributed by atoms with Crippen molar-refractivity contribution in [2.24, 2.45) is 0 Å². The maximum atomic E-state index is 14.3. The van der Waals surface area contributed by atoms with Crippen LogP contribution in [0.2, 0.25) is 5.02 Å². The Hall–Kier alpha value is -4.45. The van der Waals surface area contributed by atoms with Gasteiger partial charge in [-0.05, 0) is 48.4 Å². The fraction of sp³-hybridized carbons (Fsp3) is 0.182. The van der Waals surface area contributed by atoms with Gasteiger partial charge in [0.15, 0.2) is 0 Å². The monoisotopic (exact) mass is 594 g/mol. The molecule has 0 N–H and O–H groups in total. The Balaban J connectivity index is 1.47. The molecule has 210 valence electrons. The van der Waals surface area contributed by atoms with Gasteiger partial charge in [-0.3, -0.25) is 14.4 Å². The number of aromatic nitrogens is 1. The van der Waals surface area contributed by atoms with Crippen molar-refractivity contribution in [2.45, 2.75) is 42.6 Å². The lowest BCUT2D eigenvalue weighted by atomic mass is 10.1. The van der Waals surface area contributed by atoms with Gasteiger partial charge >= 0.3 is 0 Å². The molecule has 42 heavy (non-hydrogen) atoms. The van der Waals surface area contributed by atoms with Crippen molar-refractivity contribution in [3.05, 3.63) is 113 Å². The van der Waals surface area contributed by atoms with E-state index in [0.717, 1.165) is 16.0 Å². The van der Waals surface area contributed by atoms with Crippen molar-refractivity contribution in [1.29, 1.82) is 5.26 Å². The molecule has 1 aromatic heterocycles. The summed E-state index contributed by atoms with van der Waals surface area (Å²) in [4.78, 5) is 48.4. The molecular weight excluding hydrogens is 568 g/mol. The number of hydrogen-bond donors (Lipinski definition) is 0. The summed E-state index contributed by atoms with van der Waals surface area (Å²) >= 11 is 7.24. The number of amides is 3. The Bertz CT molecular complexity index is 1640. The number of para-hydroxylation sites is 1. The highest BCUT2D eigenvalue weighted by Gasteiger charge is 2.45. The summed E-state index contributed by atoms with van der Waals surface area (Å²) in [7, 11) is 0. The van der Waals surface area contributed by atoms with E-state index in [9.17, 15) is 19.6 Å². The summed E-state index contributed by atoms with van der Waals surface area (Å²) < 4.78 is 0. The normalized spacial score (nSPS) is 15.4. The van der Waals surface area contributed by atoms with Gasteiger partial charge in [-0.1, -0.05) is 91.0 Å². The lowest BCUT2D eigenvalue weighted by Gasteiger charge is -2.31. The first kappa shape index (κ1) is 29.1. The molecule has 2 unspecified atom stereocenters. The molecule has 1 aliphatic heterocycles. The predicted octanol–water partition coefficient (Wildman–Crippen LogP) is 6.51. The highest BCUT2D eigenvalue weighted by atomic mass is 35.5. The van der Waals surface area contributed by atoms with Gasteiger partial charge in [0.1, 0.15) is 17.1 Å². The molecule has 0 saturated carbocycles. The van der Waals surface area contributed by atoms with Crippen LogP contribution >= 0.6 is 23.4 Å². The molecule has 1 fully saturated rings. The zero-order valence-electron chi connectivity index (χ0n) is 22.8. The first-order chi connectivity index (χ1) is 20.4. The van der Waals surface area contributed by atoms with Crippen LogP contribution in [0.4, 0.5) is 5.69 Å². The Morgan fingerprint density at radius 3 is 2.33 bits per heavy atom. The zero-order valence-corrected chi connectivity index (χ0v) is 24.4. The minimum Gasteiger partial charge on any atom is -0.325 e. The largest absolute Gasteiger partial charge is 0.325 e. The highest BCUT2D eigenvalue weighted by Crippen LogP contribution is 2.33. The first-order valence-electron chi connectivity index (χ1n) is 13.5. The van der Waals surface area contributed by atoms with E-state index < -0.39 is 17.2 Å². The highest BCUT2D eigenvalue weighted by molar-refractivity contribution is 8.00. The third kappa shape index (κ3) is 6.23. The molecule has 0 spiro atoms. The fourth-order valence-corrected chi connectivity index (χ4v) is 6.04. The molecule has 0 bridgehead atoms. The van der Waals surface area contributed by atoms with E-state index in [4.69, 9.17) is 16.6 Å². The van der Waals surface area contributed by atoms with Crippen LogP contribution in [0, 0.1) is 11.3 Å². The van der Waals surface area contributed by atoms with E-state index >= 15 is 0 Å². The molecule has 0 aliphatic carbocycles. The van der Waals surface area contributed by atoms with Crippen molar-refractivity contribution in [2.75, 3.05) is 4.90 Å². The summed E-state index contributed by atoms with van der Waals surface area (Å²) in [5.41, 5.74) is 3.13. The number of carbonyl (C=O) groups is 3. The van der Waals surface area contributed by atoms with Gasteiger partial charge in [0.05, 0.1) is 28.6 Å². The Kier molecular flexibility index (Phi) is 9.01. The van der Waals surface area contributed by atoms with E-state index in [0.29, 0.717) is 33.4 Å². The van der Waals surface area contributed by atoms with E-state index in [-0.39, 0.29) is 24.8 Å². The van der Waals surface area contributed by atoms with Crippen LogP contribution in [-0.2, 0) is 20.9 Å². The number of imide groups is 1. The lowest BCUT2D eigenvalue weighted by Crippen LogP contribution is -2.48. The van der Waals surface area contributed by atoms with E-state index in [1.165, 1.54) is 16.7 Å². The molecule has 3 amide bonds. The van der Waals surface area contributed by atoms with Gasteiger partial charge in [0, 0.05) is 17.1 Å². The second-order valence-electron chi connectivity index (χ2n) is 9.76. The van der Waals surface area contributed by atoms with Gasteiger partial charge in [-0.25, -0.2) is 9.88 Å². The molecule has 1 aliphatic rings. The van der Waals surface area contributed by atoms with Crippen molar-refractivity contribution in [3.8, 4) is 17.3 Å². The molecule has 5 rings (SSSR count). The third-order valence-electron chi connectivity index (χ3n) is 7.01. The van der Waals surface area contributed by atoms with Crippen LogP contribution in [0.5, 0.6) is 0 Å². The van der Waals surface area contributed by atoms with Crippen molar-refractivity contribution in [3.63, 3.8) is 0 Å². The van der Waals surface area contributed by atoms with Crippen LogP contribution < -0.4 is 4.90 Å². The lowest BCUT2D eigenvalue weighted by molar-refractivity contribution is -0.138. The number of halogens is 1. The standard InChI is InChI=1S/C33H27ClN4O3S/c1-2-29(42-31-24(20-35)15-18-27(36-31)23-13-16-25(34)17-14-23)33(41)37(21-22-9-5-3-6-10-22)28-19-30(39)38(32(28)40)26-11-7-4-8-12-26/h3-18,28-29H,2,19,21H2,1H3. The van der Waals surface area contributed by atoms with Crippen molar-refractivity contribution < 1.29 is 14.4 Å². The number of hydrogen-bond acceptors (Lipinski definition) is 6. The van der Waals surface area contributed by atoms with Crippen LogP contribution in [0.1, 0.15) is 30.9 Å². The van der Waals surface area contributed by atoms with Crippen molar-refractivity contribution in [1.82, 2.24) is 9.88 Å². The maximum absolute atomic E-state index is 14.3. The minimum absolute atomic E-state index is 0.110. The summed E-state index contributed by atoms with van der Waals surface area (Å²) in [6.45, 7) is 2.04. The van der Waals surface area contributed by atoms with Crippen LogP contribution in [-0.4, -0.2) is 38.9 Å². The van der Waals surface area contributed by atoms with Gasteiger partial charge in [0.25, 0.3) is 5.91 Å². The zero-order chi connectivity index (χ0) is 29.6. The second kappa shape index (κ2) is 13.0. The topological polar surface area (TPSA) is 94.4 Å². The molecule has 0 radical (unpaired) electrons. The number of thioether (sulfide) groups is 1. The number of carbonyl (C=O) groups excluding carboxylic acids is 3. The summed E-state index contributed by atoms with van der Waals surface area (Å²) in [6.07, 6.45) is 0.310. The molecule has 4 aromatic rings. The van der Waals surface area contributed by atoms with Gasteiger partial charge in [-0.15, -0.1) is 0 Å². The molecule has 2 atom stereocenters. The summed E-state index contributed by atoms with van der Waals surface area (Å²) in [5, 5.41) is 10.2. The van der Waals surface area contributed by atoms with E-state index in [2.05, 4.69) is 6.07 Å². The minimum atomic E-state index is -0.955. The Morgan fingerprint density at radius 2 is 1.69 bits per heavy atom. The molecule has 3 aromatic carbocycles. The average Bonchev–Trinajstić information content (AvgIpc) is 3.32. The summed E-state index contributed by atoms with van der Waals surface area (Å²) in [5.74, 6) is -1.09. The number of rotatable bonds is 9. The average molecular weight is 595 g/mol. The first-order valence-corrected chi connectivity index (χ1v) is 14.7. The number of anilines is 1. The number of benzene rings is 3. The van der Waals surface area contributed by atoms with Crippen LogP contribution in [0.15, 0.2) is 102 Å². The van der Waals surface area contributed by atoms with Crippen molar-refractivity contribution >= 4 is 46.8 Å². The molecule has 9 heteroatoms. The third-order valence-corrected chi connectivity index (χ3v) is 8.62. The molecule has 2 heterocycles. The predicted molar refractivity (Wildman–Crippen MR) is 164 cm³/mol. The number of pyridine rings is 1. The molecule has 7 nitrogen and oxygen atoms in total. The van der Waals surface area contributed by atoms with Gasteiger partial charge in [0.2, 0.25) is 11.8 Å². The quantitative estimate of drug-likeness (QED) is 0.162. The van der Waals surface area contributed by atoms with Crippen LogP contribution in [0.3, 0.4) is 0 Å². The smallest absolute Gasteiger partial charge is 0.257 e. The van der Waals surface area contributed by atoms with E-state index in [1.54, 1.807) is 48.5 Å². The van der Waals surface area contributed by atoms with Crippen LogP contribution in [0.25, 0.3) is 11.3 Å². The van der Waals surface area contributed by atoms with E-state index in [1.807, 2.05) is 55.5 Å². The second-order valence-corrected chi connectivity index (χ2v) is 11.4. The van der Waals surface area contributed by atoms with Gasteiger partial charge in [-0.2, -0.15) is 5.26 Å². The van der Waals surface area contributed by atoms with Gasteiger partial charge < -0.3 is 4.90 Å². The fourth-order valence-electron chi connectivity index (χ4n) is 4.85.